The van der Waals surface area contributed by atoms with E-state index < -0.39 is 0 Å². The molecule has 1 amide bonds. The fraction of sp³-hybridized carbons (Fsp3) is 0.133. The zero-order valence-corrected chi connectivity index (χ0v) is 13.4. The van der Waals surface area contributed by atoms with Crippen molar-refractivity contribution in [3.63, 3.8) is 0 Å². The molecule has 0 spiro atoms. The Bertz CT molecular complexity index is 702. The number of alkyl halides is 1. The summed E-state index contributed by atoms with van der Waals surface area (Å²) in [5.74, 6) is 0.0255. The van der Waals surface area contributed by atoms with Gasteiger partial charge in [-0.05, 0) is 50.8 Å². The van der Waals surface area contributed by atoms with Gasteiger partial charge in [-0.2, -0.15) is 0 Å². The number of carbonyl (C=O) groups excluding carboxylic acids is 1. The van der Waals surface area contributed by atoms with Crippen LogP contribution >= 0.6 is 39.1 Å². The molecule has 2 aromatic carbocycles. The molecule has 1 unspecified atom stereocenters. The summed E-state index contributed by atoms with van der Waals surface area (Å²) in [4.78, 5) is 11.4. The lowest BCUT2D eigenvalue weighted by molar-refractivity contribution is -0.115. The van der Waals surface area contributed by atoms with Crippen LogP contribution in [0.3, 0.4) is 0 Å². The second-order valence-electron chi connectivity index (χ2n) is 4.68. The van der Waals surface area contributed by atoms with Crippen molar-refractivity contribution in [3.8, 4) is 0 Å². The third kappa shape index (κ3) is 2.58. The summed E-state index contributed by atoms with van der Waals surface area (Å²) >= 11 is 15.9. The molecule has 0 saturated heterocycles. The van der Waals surface area contributed by atoms with Crippen LogP contribution in [0, 0.1) is 0 Å². The van der Waals surface area contributed by atoms with Crippen LogP contribution in [-0.4, -0.2) is 5.91 Å². The molecule has 2 aromatic rings. The fourth-order valence-electron chi connectivity index (χ4n) is 2.27. The molecule has 1 aliphatic rings. The minimum absolute atomic E-state index is 0.0255. The number of halogens is 3. The van der Waals surface area contributed by atoms with Crippen molar-refractivity contribution in [1.82, 2.24) is 0 Å². The number of nitrogens with one attached hydrogen (secondary N) is 1. The molecular formula is C15H10BrCl2NO. The van der Waals surface area contributed by atoms with Gasteiger partial charge in [0.05, 0.1) is 16.8 Å². The first-order chi connectivity index (χ1) is 9.54. The van der Waals surface area contributed by atoms with Crippen LogP contribution in [0.2, 0.25) is 5.02 Å². The van der Waals surface area contributed by atoms with Crippen molar-refractivity contribution in [2.45, 2.75) is 11.8 Å². The Morgan fingerprint density at radius 2 is 1.85 bits per heavy atom. The summed E-state index contributed by atoms with van der Waals surface area (Å²) in [6, 6.07) is 11.4. The Balaban J connectivity index is 1.94. The predicted molar refractivity (Wildman–Crippen MR) is 85.6 cm³/mol. The van der Waals surface area contributed by atoms with Gasteiger partial charge in [-0.3, -0.25) is 4.79 Å². The average molecular weight is 371 g/mol. The monoisotopic (exact) mass is 369 g/mol. The standard InChI is InChI=1S/C15H10BrCl2NO/c16-11-6-9(1-3-12(11)17)15(18)8-2-4-13-10(5-8)7-14(20)19-13/h1-6,15H,7H2,(H,19,20). The van der Waals surface area contributed by atoms with E-state index in [0.29, 0.717) is 11.4 Å². The van der Waals surface area contributed by atoms with E-state index in [-0.39, 0.29) is 11.3 Å². The maximum absolute atomic E-state index is 11.4. The number of fused-ring (bicyclic) bond motifs is 1. The molecule has 1 heterocycles. The number of amides is 1. The van der Waals surface area contributed by atoms with Gasteiger partial charge in [0.15, 0.2) is 0 Å². The topological polar surface area (TPSA) is 29.1 Å². The first-order valence-electron chi connectivity index (χ1n) is 6.06. The van der Waals surface area contributed by atoms with E-state index >= 15 is 0 Å². The molecule has 3 rings (SSSR count). The molecule has 1 atom stereocenters. The molecule has 0 aromatic heterocycles. The highest BCUT2D eigenvalue weighted by Crippen LogP contribution is 2.35. The van der Waals surface area contributed by atoms with E-state index in [4.69, 9.17) is 23.2 Å². The summed E-state index contributed by atoms with van der Waals surface area (Å²) in [6.07, 6.45) is 0.414. The molecule has 20 heavy (non-hydrogen) atoms. The molecule has 5 heteroatoms. The molecule has 102 valence electrons. The van der Waals surface area contributed by atoms with Crippen molar-refractivity contribution in [1.29, 1.82) is 0 Å². The Morgan fingerprint density at radius 1 is 1.15 bits per heavy atom. The number of carbonyl (C=O) groups is 1. The van der Waals surface area contributed by atoms with Gasteiger partial charge in [0.2, 0.25) is 5.91 Å². The zero-order chi connectivity index (χ0) is 14.3. The SMILES string of the molecule is O=C1Cc2cc(C(Cl)c3ccc(Cl)c(Br)c3)ccc2N1. The molecule has 0 fully saturated rings. The highest BCUT2D eigenvalue weighted by atomic mass is 79.9. The number of hydrogen-bond acceptors (Lipinski definition) is 1. The normalized spacial score (nSPS) is 14.8. The summed E-state index contributed by atoms with van der Waals surface area (Å²) in [5.41, 5.74) is 3.79. The minimum atomic E-state index is -0.274. The second-order valence-corrected chi connectivity index (χ2v) is 6.38. The molecule has 1 aliphatic heterocycles. The van der Waals surface area contributed by atoms with Crippen molar-refractivity contribution < 1.29 is 4.79 Å². The van der Waals surface area contributed by atoms with Crippen LogP contribution in [0.5, 0.6) is 0 Å². The van der Waals surface area contributed by atoms with Gasteiger partial charge in [-0.25, -0.2) is 0 Å². The summed E-state index contributed by atoms with van der Waals surface area (Å²) in [7, 11) is 0. The van der Waals surface area contributed by atoms with E-state index in [0.717, 1.165) is 26.9 Å². The van der Waals surface area contributed by atoms with Gasteiger partial charge in [-0.15, -0.1) is 11.6 Å². The van der Waals surface area contributed by atoms with Crippen molar-refractivity contribution >= 4 is 50.7 Å². The predicted octanol–water partition coefficient (Wildman–Crippen LogP) is 4.93. The van der Waals surface area contributed by atoms with Crippen molar-refractivity contribution in [2.75, 3.05) is 5.32 Å². The van der Waals surface area contributed by atoms with Crippen LogP contribution in [0.1, 0.15) is 22.1 Å². The lowest BCUT2D eigenvalue weighted by atomic mass is 10.0. The zero-order valence-electron chi connectivity index (χ0n) is 10.3. The van der Waals surface area contributed by atoms with Crippen LogP contribution in [-0.2, 0) is 11.2 Å². The molecule has 0 aliphatic carbocycles. The fourth-order valence-corrected chi connectivity index (χ4v) is 3.05. The maximum Gasteiger partial charge on any atom is 0.228 e. The smallest absolute Gasteiger partial charge is 0.228 e. The second kappa shape index (κ2) is 5.40. The average Bonchev–Trinajstić information content (AvgIpc) is 2.80. The van der Waals surface area contributed by atoms with Crippen LogP contribution in [0.15, 0.2) is 40.9 Å². The molecule has 2 nitrogen and oxygen atoms in total. The highest BCUT2D eigenvalue weighted by Gasteiger charge is 2.20. The van der Waals surface area contributed by atoms with Gasteiger partial charge in [0.1, 0.15) is 0 Å². The quantitative estimate of drug-likeness (QED) is 0.746. The van der Waals surface area contributed by atoms with E-state index in [2.05, 4.69) is 21.2 Å². The molecule has 0 saturated carbocycles. The Morgan fingerprint density at radius 3 is 2.60 bits per heavy atom. The lowest BCUT2D eigenvalue weighted by Crippen LogP contribution is -2.03. The number of anilines is 1. The minimum Gasteiger partial charge on any atom is -0.326 e. The van der Waals surface area contributed by atoms with Crippen LogP contribution in [0.25, 0.3) is 0 Å². The van der Waals surface area contributed by atoms with E-state index in [9.17, 15) is 4.79 Å². The van der Waals surface area contributed by atoms with Gasteiger partial charge in [-0.1, -0.05) is 29.8 Å². The molecule has 0 radical (unpaired) electrons. The summed E-state index contributed by atoms with van der Waals surface area (Å²) in [5, 5.41) is 3.19. The van der Waals surface area contributed by atoms with Crippen molar-refractivity contribution in [2.24, 2.45) is 0 Å². The Hall–Kier alpha value is -1.03. The van der Waals surface area contributed by atoms with Gasteiger partial charge in [0, 0.05) is 10.2 Å². The third-order valence-electron chi connectivity index (χ3n) is 3.28. The van der Waals surface area contributed by atoms with Gasteiger partial charge >= 0.3 is 0 Å². The Kier molecular flexibility index (Phi) is 3.76. The van der Waals surface area contributed by atoms with E-state index in [1.165, 1.54) is 0 Å². The van der Waals surface area contributed by atoms with Crippen LogP contribution < -0.4 is 5.32 Å². The number of hydrogen-bond donors (Lipinski definition) is 1. The van der Waals surface area contributed by atoms with E-state index in [1.54, 1.807) is 0 Å². The first kappa shape index (κ1) is 13.9. The summed E-state index contributed by atoms with van der Waals surface area (Å²) < 4.78 is 0.820. The van der Waals surface area contributed by atoms with Crippen LogP contribution in [0.4, 0.5) is 5.69 Å². The molecule has 0 bridgehead atoms. The third-order valence-corrected chi connectivity index (χ3v) is 5.00. The van der Waals surface area contributed by atoms with Crippen molar-refractivity contribution in [3.05, 3.63) is 62.6 Å². The maximum atomic E-state index is 11.4. The molecule has 1 N–H and O–H groups in total. The summed E-state index contributed by atoms with van der Waals surface area (Å²) in [6.45, 7) is 0. The molecular weight excluding hydrogens is 361 g/mol. The van der Waals surface area contributed by atoms with E-state index in [1.807, 2.05) is 36.4 Å². The largest absolute Gasteiger partial charge is 0.326 e. The first-order valence-corrected chi connectivity index (χ1v) is 7.67. The highest BCUT2D eigenvalue weighted by molar-refractivity contribution is 9.10. The van der Waals surface area contributed by atoms with Gasteiger partial charge < -0.3 is 5.32 Å². The van der Waals surface area contributed by atoms with Gasteiger partial charge in [0.25, 0.3) is 0 Å². The number of rotatable bonds is 2. The lowest BCUT2D eigenvalue weighted by Gasteiger charge is -2.12. The Labute approximate surface area is 135 Å². The number of benzene rings is 2.